The van der Waals surface area contributed by atoms with Gasteiger partial charge in [-0.2, -0.15) is 5.10 Å². The van der Waals surface area contributed by atoms with Crippen LogP contribution < -0.4 is 5.32 Å². The number of amides is 2. The third kappa shape index (κ3) is 3.76. The van der Waals surface area contributed by atoms with Gasteiger partial charge in [0.25, 0.3) is 5.91 Å². The fourth-order valence-electron chi connectivity index (χ4n) is 3.42. The molecule has 7 heteroatoms. The minimum atomic E-state index is -0.0849. The molecule has 1 aliphatic rings. The van der Waals surface area contributed by atoms with Crippen molar-refractivity contribution in [1.29, 1.82) is 0 Å². The second-order valence-corrected chi connectivity index (χ2v) is 6.63. The van der Waals surface area contributed by atoms with E-state index in [0.717, 1.165) is 42.9 Å². The molecule has 3 rings (SSSR count). The van der Waals surface area contributed by atoms with Gasteiger partial charge in [-0.3, -0.25) is 19.3 Å². The van der Waals surface area contributed by atoms with E-state index in [1.54, 1.807) is 10.9 Å². The zero-order valence-electron chi connectivity index (χ0n) is 15.5. The zero-order chi connectivity index (χ0) is 18.7. The molecule has 1 N–H and O–H groups in total. The first-order chi connectivity index (χ1) is 12.5. The highest BCUT2D eigenvalue weighted by Gasteiger charge is 2.32. The first kappa shape index (κ1) is 18.1. The minimum absolute atomic E-state index is 0.0323. The van der Waals surface area contributed by atoms with Crippen molar-refractivity contribution in [3.63, 3.8) is 0 Å². The predicted molar refractivity (Wildman–Crippen MR) is 97.4 cm³/mol. The average Bonchev–Trinajstić information content (AvgIpc) is 3.26. The maximum absolute atomic E-state index is 13.1. The summed E-state index contributed by atoms with van der Waals surface area (Å²) in [6, 6.07) is 3.97. The van der Waals surface area contributed by atoms with Gasteiger partial charge >= 0.3 is 0 Å². The highest BCUT2D eigenvalue weighted by atomic mass is 16.2. The Morgan fingerprint density at radius 1 is 1.38 bits per heavy atom. The van der Waals surface area contributed by atoms with Gasteiger partial charge in [-0.1, -0.05) is 0 Å². The maximum Gasteiger partial charge on any atom is 0.257 e. The third-order valence-electron chi connectivity index (χ3n) is 4.76. The number of nitrogens with zero attached hydrogens (tertiary/aromatic N) is 4. The molecular weight excluding hydrogens is 330 g/mol. The van der Waals surface area contributed by atoms with Gasteiger partial charge in [0.2, 0.25) is 5.91 Å². The molecule has 138 valence electrons. The van der Waals surface area contributed by atoms with Crippen LogP contribution in [-0.4, -0.2) is 38.0 Å². The lowest BCUT2D eigenvalue weighted by atomic mass is 10.0. The summed E-state index contributed by atoms with van der Waals surface area (Å²) in [4.78, 5) is 30.4. The van der Waals surface area contributed by atoms with Crippen LogP contribution >= 0.6 is 0 Å². The molecule has 1 aliphatic heterocycles. The van der Waals surface area contributed by atoms with E-state index in [9.17, 15) is 9.59 Å². The van der Waals surface area contributed by atoms with Crippen molar-refractivity contribution in [2.45, 2.75) is 52.7 Å². The topological polar surface area (TPSA) is 80.1 Å². The number of aromatic nitrogens is 3. The standard InChI is InChI=1S/C19H25N5O2/c1-4-23-12-17(13(2)22-23)19(26)24-9-5-6-18(24)15-7-8-20-16(10-15)11-21-14(3)25/h7-8,10,12,18H,4-6,9,11H2,1-3H3,(H,21,25)/t18-/m1/s1. The number of hydrogen-bond donors (Lipinski definition) is 1. The van der Waals surface area contributed by atoms with Gasteiger partial charge in [-0.15, -0.1) is 0 Å². The molecule has 7 nitrogen and oxygen atoms in total. The van der Waals surface area contributed by atoms with Crippen molar-refractivity contribution < 1.29 is 9.59 Å². The van der Waals surface area contributed by atoms with Crippen LogP contribution in [0.1, 0.15) is 60.0 Å². The molecule has 1 fully saturated rings. The molecule has 26 heavy (non-hydrogen) atoms. The number of aryl methyl sites for hydroxylation is 2. The molecule has 0 spiro atoms. The number of hydrogen-bond acceptors (Lipinski definition) is 4. The summed E-state index contributed by atoms with van der Waals surface area (Å²) in [5.74, 6) is -0.0526. The van der Waals surface area contributed by atoms with Crippen LogP contribution in [0.25, 0.3) is 0 Å². The molecule has 0 aromatic carbocycles. The monoisotopic (exact) mass is 355 g/mol. The molecule has 1 saturated heterocycles. The Bertz CT molecular complexity index is 814. The highest BCUT2D eigenvalue weighted by molar-refractivity contribution is 5.95. The van der Waals surface area contributed by atoms with Crippen LogP contribution in [0, 0.1) is 6.92 Å². The molecule has 2 amide bonds. The zero-order valence-corrected chi connectivity index (χ0v) is 15.5. The van der Waals surface area contributed by atoms with Crippen LogP contribution in [0.3, 0.4) is 0 Å². The van der Waals surface area contributed by atoms with Gasteiger partial charge in [0.05, 0.1) is 29.5 Å². The smallest absolute Gasteiger partial charge is 0.257 e. The Hall–Kier alpha value is -2.70. The maximum atomic E-state index is 13.1. The first-order valence-electron chi connectivity index (χ1n) is 9.04. The second-order valence-electron chi connectivity index (χ2n) is 6.63. The van der Waals surface area contributed by atoms with Crippen molar-refractivity contribution in [2.24, 2.45) is 0 Å². The SMILES string of the molecule is CCn1cc(C(=O)N2CCC[C@@H]2c2ccnc(CNC(C)=O)c2)c(C)n1. The van der Waals surface area contributed by atoms with E-state index in [4.69, 9.17) is 0 Å². The summed E-state index contributed by atoms with van der Waals surface area (Å²) < 4.78 is 1.80. The first-order valence-corrected chi connectivity index (χ1v) is 9.04. The molecule has 2 aromatic rings. The normalized spacial score (nSPS) is 16.7. The second kappa shape index (κ2) is 7.68. The van der Waals surface area contributed by atoms with Gasteiger partial charge < -0.3 is 10.2 Å². The van der Waals surface area contributed by atoms with Crippen LogP contribution in [0.4, 0.5) is 0 Å². The molecule has 1 atom stereocenters. The van der Waals surface area contributed by atoms with Gasteiger partial charge in [0.1, 0.15) is 0 Å². The van der Waals surface area contributed by atoms with Crippen molar-refractivity contribution in [3.8, 4) is 0 Å². The van der Waals surface area contributed by atoms with Gasteiger partial charge in [0, 0.05) is 32.4 Å². The van der Waals surface area contributed by atoms with E-state index < -0.39 is 0 Å². The third-order valence-corrected chi connectivity index (χ3v) is 4.76. The lowest BCUT2D eigenvalue weighted by Gasteiger charge is -2.25. The number of carbonyl (C=O) groups is 2. The van der Waals surface area contributed by atoms with Crippen LogP contribution in [-0.2, 0) is 17.9 Å². The van der Waals surface area contributed by atoms with Crippen molar-refractivity contribution in [2.75, 3.05) is 6.54 Å². The van der Waals surface area contributed by atoms with Crippen molar-refractivity contribution >= 4 is 11.8 Å². The molecule has 0 radical (unpaired) electrons. The lowest BCUT2D eigenvalue weighted by molar-refractivity contribution is -0.119. The number of likely N-dealkylation sites (tertiary alicyclic amines) is 1. The van der Waals surface area contributed by atoms with Crippen molar-refractivity contribution in [1.82, 2.24) is 25.0 Å². The predicted octanol–water partition coefficient (Wildman–Crippen LogP) is 2.22. The number of rotatable bonds is 5. The van der Waals surface area contributed by atoms with Crippen molar-refractivity contribution in [3.05, 3.63) is 47.0 Å². The minimum Gasteiger partial charge on any atom is -0.351 e. The summed E-state index contributed by atoms with van der Waals surface area (Å²) in [6.45, 7) is 7.25. The van der Waals surface area contributed by atoms with E-state index in [2.05, 4.69) is 15.4 Å². The average molecular weight is 355 g/mol. The molecular formula is C19H25N5O2. The summed E-state index contributed by atoms with van der Waals surface area (Å²) >= 11 is 0. The molecule has 0 unspecified atom stereocenters. The number of pyridine rings is 1. The summed E-state index contributed by atoms with van der Waals surface area (Å²) in [7, 11) is 0. The lowest BCUT2D eigenvalue weighted by Crippen LogP contribution is -2.31. The van der Waals surface area contributed by atoms with E-state index in [0.29, 0.717) is 12.1 Å². The van der Waals surface area contributed by atoms with E-state index in [1.807, 2.05) is 37.1 Å². The highest BCUT2D eigenvalue weighted by Crippen LogP contribution is 2.33. The van der Waals surface area contributed by atoms with Gasteiger partial charge in [-0.05, 0) is 44.4 Å². The van der Waals surface area contributed by atoms with E-state index in [-0.39, 0.29) is 17.9 Å². The quantitative estimate of drug-likeness (QED) is 0.892. The summed E-state index contributed by atoms with van der Waals surface area (Å²) in [6.07, 6.45) is 5.48. The van der Waals surface area contributed by atoms with E-state index in [1.165, 1.54) is 6.92 Å². The van der Waals surface area contributed by atoms with Crippen LogP contribution in [0.2, 0.25) is 0 Å². The fourth-order valence-corrected chi connectivity index (χ4v) is 3.42. The molecule has 2 aromatic heterocycles. The van der Waals surface area contributed by atoms with Crippen LogP contribution in [0.5, 0.6) is 0 Å². The molecule has 0 bridgehead atoms. The Kier molecular flexibility index (Phi) is 5.35. The summed E-state index contributed by atoms with van der Waals surface area (Å²) in [5.41, 5.74) is 3.30. The Morgan fingerprint density at radius 2 is 2.19 bits per heavy atom. The van der Waals surface area contributed by atoms with Gasteiger partial charge in [-0.25, -0.2) is 0 Å². The fraction of sp³-hybridized carbons (Fsp3) is 0.474. The molecule has 0 aliphatic carbocycles. The molecule has 0 saturated carbocycles. The van der Waals surface area contributed by atoms with Gasteiger partial charge in [0.15, 0.2) is 0 Å². The Morgan fingerprint density at radius 3 is 2.88 bits per heavy atom. The Balaban J connectivity index is 1.81. The number of carbonyl (C=O) groups excluding carboxylic acids is 2. The Labute approximate surface area is 153 Å². The van der Waals surface area contributed by atoms with E-state index >= 15 is 0 Å². The number of nitrogens with one attached hydrogen (secondary N) is 1. The largest absolute Gasteiger partial charge is 0.351 e. The van der Waals surface area contributed by atoms with Crippen LogP contribution in [0.15, 0.2) is 24.5 Å². The summed E-state index contributed by atoms with van der Waals surface area (Å²) in [5, 5.41) is 7.16. The molecule has 3 heterocycles.